The van der Waals surface area contributed by atoms with E-state index in [1.54, 1.807) is 0 Å². The predicted octanol–water partition coefficient (Wildman–Crippen LogP) is 1.49. The van der Waals surface area contributed by atoms with E-state index in [2.05, 4.69) is 18.3 Å². The zero-order valence-electron chi connectivity index (χ0n) is 11.9. The molecular weight excluding hydrogens is 320 g/mol. The Hall–Kier alpha value is -3.68. The van der Waals surface area contributed by atoms with E-state index in [-0.39, 0.29) is 21.5 Å². The molecule has 24 heavy (non-hydrogen) atoms. The molecule has 2 aromatic carbocycles. The van der Waals surface area contributed by atoms with Gasteiger partial charge in [0.25, 0.3) is 0 Å². The predicted molar refractivity (Wildman–Crippen MR) is 82.0 cm³/mol. The largest absolute Gasteiger partial charge is 0.386 e. The van der Waals surface area contributed by atoms with Gasteiger partial charge in [0, 0.05) is 0 Å². The second kappa shape index (κ2) is 6.21. The molecule has 0 aliphatic heterocycles. The summed E-state index contributed by atoms with van der Waals surface area (Å²) >= 11 is 0. The first kappa shape index (κ1) is 15.2. The van der Waals surface area contributed by atoms with Crippen molar-refractivity contribution in [2.45, 2.75) is 0 Å². The highest BCUT2D eigenvalue weighted by Crippen LogP contribution is 2.00. The van der Waals surface area contributed by atoms with Crippen LogP contribution in [-0.4, -0.2) is 0 Å². The van der Waals surface area contributed by atoms with Gasteiger partial charge in [-0.15, -0.1) is 0 Å². The minimum atomic E-state index is -0.983. The second-order valence-corrected chi connectivity index (χ2v) is 4.64. The van der Waals surface area contributed by atoms with Crippen LogP contribution in [0.2, 0.25) is 0 Å². The number of rotatable bonds is 0. The number of fused-ring (bicyclic) bond motifs is 4. The minimum Gasteiger partial charge on any atom is -0.242 e. The molecule has 3 aromatic rings. The van der Waals surface area contributed by atoms with E-state index in [1.165, 1.54) is 36.4 Å². The average Bonchev–Trinajstić information content (AvgIpc) is 2.63. The van der Waals surface area contributed by atoms with Crippen molar-refractivity contribution in [1.82, 2.24) is 0 Å². The molecule has 0 unspecified atom stereocenters. The van der Waals surface area contributed by atoms with Gasteiger partial charge in [0.2, 0.25) is 0 Å². The van der Waals surface area contributed by atoms with Gasteiger partial charge < -0.3 is 0 Å². The molecule has 0 atom stereocenters. The summed E-state index contributed by atoms with van der Waals surface area (Å²) in [5.74, 6) is 0. The molecule has 0 aliphatic rings. The van der Waals surface area contributed by atoms with Gasteiger partial charge in [0.1, 0.15) is 0 Å². The summed E-state index contributed by atoms with van der Waals surface area (Å²) in [6, 6.07) is 10.4. The minimum absolute atomic E-state index is 0.0608. The molecule has 4 bridgehead atoms. The highest BCUT2D eigenvalue weighted by Gasteiger charge is 1.99. The number of benzene rings is 2. The lowest BCUT2D eigenvalue weighted by Gasteiger charge is -1.87. The molecule has 0 radical (unpaired) electrons. The van der Waals surface area contributed by atoms with Crippen LogP contribution in [0.1, 0.15) is 0 Å². The molecule has 0 fully saturated rings. The van der Waals surface area contributed by atoms with E-state index in [0.29, 0.717) is 0 Å². The Morgan fingerprint density at radius 3 is 0.958 bits per heavy atom. The van der Waals surface area contributed by atoms with Crippen LogP contribution in [0.25, 0.3) is 21.5 Å². The highest BCUT2D eigenvalue weighted by molar-refractivity contribution is 5.65. The van der Waals surface area contributed by atoms with Crippen LogP contribution in [0, 0.1) is 0 Å². The van der Waals surface area contributed by atoms with Crippen LogP contribution in [0.15, 0.2) is 86.0 Å². The fourth-order valence-electron chi connectivity index (χ4n) is 1.89. The van der Waals surface area contributed by atoms with Gasteiger partial charge in [0.15, 0.2) is 0 Å². The molecule has 1 aromatic heterocycles. The number of hydrogen-bond acceptors (Lipinski definition) is 8. The van der Waals surface area contributed by atoms with Crippen molar-refractivity contribution in [1.29, 1.82) is 0 Å². The Bertz CT molecular complexity index is 1050. The molecule has 8 nitrogen and oxygen atoms in total. The lowest BCUT2D eigenvalue weighted by molar-refractivity contribution is 0.0234. The first-order chi connectivity index (χ1) is 11.5. The first-order valence-corrected chi connectivity index (χ1v) is 6.61. The van der Waals surface area contributed by atoms with Crippen molar-refractivity contribution >= 4 is 21.5 Å². The molecule has 8 heteroatoms. The van der Waals surface area contributed by atoms with Crippen molar-refractivity contribution in [3.8, 4) is 0 Å². The average molecular weight is 328 g/mol. The van der Waals surface area contributed by atoms with Gasteiger partial charge >= 0.3 is 22.5 Å². The molecule has 0 spiro atoms. The van der Waals surface area contributed by atoms with Crippen LogP contribution in [0.4, 0.5) is 0 Å². The quantitative estimate of drug-likeness (QED) is 0.569. The fourth-order valence-corrected chi connectivity index (χ4v) is 1.89. The third kappa shape index (κ3) is 3.07. The molecule has 0 amide bonds. The van der Waals surface area contributed by atoms with Gasteiger partial charge in [-0.1, -0.05) is 12.1 Å². The van der Waals surface area contributed by atoms with Crippen LogP contribution in [0.5, 0.6) is 0 Å². The summed E-state index contributed by atoms with van der Waals surface area (Å²) in [7, 11) is 0. The maximum Gasteiger partial charge on any atom is 0.386 e. The van der Waals surface area contributed by atoms with Gasteiger partial charge in [0.05, 0.1) is 21.5 Å². The summed E-state index contributed by atoms with van der Waals surface area (Å²) in [6.45, 7) is 0. The van der Waals surface area contributed by atoms with E-state index in [9.17, 15) is 19.2 Å². The summed E-state index contributed by atoms with van der Waals surface area (Å²) in [6.07, 6.45) is 0. The topological polar surface area (TPSA) is 121 Å². The summed E-state index contributed by atoms with van der Waals surface area (Å²) in [5, 5.41) is -0.243. The zero-order valence-corrected chi connectivity index (χ0v) is 11.9. The second-order valence-electron chi connectivity index (χ2n) is 4.64. The van der Waals surface area contributed by atoms with Gasteiger partial charge in [-0.2, -0.15) is 0 Å². The van der Waals surface area contributed by atoms with Gasteiger partial charge in [-0.3, -0.25) is 0 Å². The van der Waals surface area contributed by atoms with Crippen LogP contribution < -0.4 is 22.5 Å². The Kier molecular flexibility index (Phi) is 3.94. The van der Waals surface area contributed by atoms with Crippen LogP contribution in [-0.2, 0) is 0 Å². The Morgan fingerprint density at radius 2 is 0.708 bits per heavy atom. The van der Waals surface area contributed by atoms with E-state index >= 15 is 0 Å². The van der Waals surface area contributed by atoms with E-state index in [1.807, 2.05) is 0 Å². The number of hydrogen-bond donors (Lipinski definition) is 0. The van der Waals surface area contributed by atoms with Crippen molar-refractivity contribution in [3.63, 3.8) is 0 Å². The molecule has 3 rings (SSSR count). The lowest BCUT2D eigenvalue weighted by atomic mass is 10.2. The van der Waals surface area contributed by atoms with Crippen molar-refractivity contribution < 1.29 is 18.3 Å². The molecule has 1 heterocycles. The van der Waals surface area contributed by atoms with Crippen LogP contribution >= 0.6 is 0 Å². The normalized spacial score (nSPS) is 10.3. The first-order valence-electron chi connectivity index (χ1n) is 6.61. The fraction of sp³-hybridized carbons (Fsp3) is 0. The third-order valence-corrected chi connectivity index (χ3v) is 3.05. The zero-order chi connectivity index (χ0) is 17.1. The molecule has 0 N–H and O–H groups in total. The maximum absolute atomic E-state index is 11.8. The van der Waals surface area contributed by atoms with E-state index < -0.39 is 22.5 Å². The van der Waals surface area contributed by atoms with Crippen molar-refractivity contribution in [3.05, 3.63) is 90.2 Å². The Labute approximate surface area is 131 Å². The Morgan fingerprint density at radius 1 is 0.458 bits per heavy atom. The van der Waals surface area contributed by atoms with Gasteiger partial charge in [-0.05, 0) is 36.4 Å². The molecule has 0 aliphatic carbocycles. The highest BCUT2D eigenvalue weighted by atomic mass is 17.0. The third-order valence-electron chi connectivity index (χ3n) is 3.05. The molecule has 0 saturated carbocycles. The Balaban J connectivity index is 2.58. The van der Waals surface area contributed by atoms with Crippen molar-refractivity contribution in [2.24, 2.45) is 0 Å². The molecule has 0 saturated heterocycles. The maximum atomic E-state index is 11.8. The van der Waals surface area contributed by atoms with Gasteiger partial charge in [-0.25, -0.2) is 37.5 Å². The lowest BCUT2D eigenvalue weighted by Crippen LogP contribution is -2.04. The van der Waals surface area contributed by atoms with Crippen molar-refractivity contribution in [2.75, 3.05) is 0 Å². The summed E-state index contributed by atoms with van der Waals surface area (Å²) in [5.41, 5.74) is -3.93. The van der Waals surface area contributed by atoms with Crippen LogP contribution in [0.3, 0.4) is 0 Å². The standard InChI is InChI=1S/C16H8O8/c17-13-9-3-1-4-10(7-9)14(18)22-24-16(20)12-6-2-5-11(8-12)15(19)23-21-13/h1-8H. The molecular formula is C16H8O8. The molecule has 120 valence electrons. The SMILES string of the molecule is O=c1ooc(=O)c2cccc(c2)c(=O)ooc(=O)c2cccc1c2. The smallest absolute Gasteiger partial charge is 0.242 e. The van der Waals surface area contributed by atoms with E-state index in [4.69, 9.17) is 0 Å². The monoisotopic (exact) mass is 328 g/mol. The summed E-state index contributed by atoms with van der Waals surface area (Å²) < 4.78 is 17.8. The van der Waals surface area contributed by atoms with E-state index in [0.717, 1.165) is 12.1 Å². The summed E-state index contributed by atoms with van der Waals surface area (Å²) in [4.78, 5) is 47.4.